The highest BCUT2D eigenvalue weighted by Crippen LogP contribution is 2.14. The maximum atomic E-state index is 11.8. The van der Waals surface area contributed by atoms with Crippen LogP contribution in [0.1, 0.15) is 33.1 Å². The molecule has 1 heterocycles. The molecule has 0 spiro atoms. The molecule has 1 rings (SSSR count). The fraction of sp³-hybridized carbons (Fsp3) is 0.923. The van der Waals surface area contributed by atoms with E-state index in [4.69, 9.17) is 0 Å². The van der Waals surface area contributed by atoms with E-state index in [9.17, 15) is 4.79 Å². The van der Waals surface area contributed by atoms with Crippen LogP contribution in [-0.2, 0) is 4.79 Å². The van der Waals surface area contributed by atoms with E-state index in [0.717, 1.165) is 26.2 Å². The van der Waals surface area contributed by atoms with Crippen molar-refractivity contribution in [2.75, 3.05) is 33.2 Å². The van der Waals surface area contributed by atoms with Crippen molar-refractivity contribution in [3.05, 3.63) is 0 Å². The average Bonchev–Trinajstić information content (AvgIpc) is 2.34. The molecule has 0 aromatic rings. The number of piperidine rings is 1. The predicted molar refractivity (Wildman–Crippen MR) is 71.0 cm³/mol. The van der Waals surface area contributed by atoms with Crippen LogP contribution in [0.4, 0.5) is 0 Å². The third kappa shape index (κ3) is 5.04. The fourth-order valence-corrected chi connectivity index (χ4v) is 2.25. The van der Waals surface area contributed by atoms with Crippen LogP contribution >= 0.6 is 0 Å². The summed E-state index contributed by atoms with van der Waals surface area (Å²) in [5, 5.41) is 6.28. The average molecular weight is 241 g/mol. The maximum absolute atomic E-state index is 11.8. The van der Waals surface area contributed by atoms with E-state index in [1.807, 2.05) is 6.92 Å². The van der Waals surface area contributed by atoms with Gasteiger partial charge in [0.25, 0.3) is 0 Å². The SMILES string of the molecule is CCNCC(C)C(=O)NCC1CCCCN1C. The lowest BCUT2D eigenvalue weighted by atomic mass is 10.0. The second-order valence-electron chi connectivity index (χ2n) is 5.08. The smallest absolute Gasteiger partial charge is 0.224 e. The van der Waals surface area contributed by atoms with Crippen molar-refractivity contribution in [2.45, 2.75) is 39.2 Å². The number of carbonyl (C=O) groups is 1. The lowest BCUT2D eigenvalue weighted by Gasteiger charge is -2.32. The van der Waals surface area contributed by atoms with Crippen LogP contribution in [0.2, 0.25) is 0 Å². The van der Waals surface area contributed by atoms with Gasteiger partial charge in [0.15, 0.2) is 0 Å². The Labute approximate surface area is 105 Å². The van der Waals surface area contributed by atoms with Crippen LogP contribution < -0.4 is 10.6 Å². The van der Waals surface area contributed by atoms with Crippen molar-refractivity contribution in [3.8, 4) is 0 Å². The molecule has 0 aliphatic carbocycles. The third-order valence-corrected chi connectivity index (χ3v) is 3.58. The summed E-state index contributed by atoms with van der Waals surface area (Å²) in [4.78, 5) is 14.2. The minimum atomic E-state index is 0.0591. The van der Waals surface area contributed by atoms with E-state index in [2.05, 4.69) is 29.5 Å². The second-order valence-corrected chi connectivity index (χ2v) is 5.08. The number of nitrogens with one attached hydrogen (secondary N) is 2. The van der Waals surface area contributed by atoms with E-state index < -0.39 is 0 Å². The highest BCUT2D eigenvalue weighted by molar-refractivity contribution is 5.78. The van der Waals surface area contributed by atoms with Gasteiger partial charge in [-0.15, -0.1) is 0 Å². The zero-order valence-electron chi connectivity index (χ0n) is 11.5. The molecule has 4 heteroatoms. The molecule has 2 atom stereocenters. The first-order valence-electron chi connectivity index (χ1n) is 6.83. The fourth-order valence-electron chi connectivity index (χ4n) is 2.25. The van der Waals surface area contributed by atoms with Gasteiger partial charge in [0.1, 0.15) is 0 Å². The van der Waals surface area contributed by atoms with Crippen LogP contribution in [-0.4, -0.2) is 50.1 Å². The molecule has 0 radical (unpaired) electrons. The molecule has 0 bridgehead atoms. The van der Waals surface area contributed by atoms with Crippen LogP contribution in [0.15, 0.2) is 0 Å². The van der Waals surface area contributed by atoms with Gasteiger partial charge in [-0.25, -0.2) is 0 Å². The van der Waals surface area contributed by atoms with Gasteiger partial charge in [-0.05, 0) is 33.0 Å². The summed E-state index contributed by atoms with van der Waals surface area (Å²) in [6, 6.07) is 0.527. The highest BCUT2D eigenvalue weighted by Gasteiger charge is 2.20. The molecule has 0 saturated carbocycles. The van der Waals surface area contributed by atoms with Gasteiger partial charge in [-0.2, -0.15) is 0 Å². The molecule has 2 unspecified atom stereocenters. The Kier molecular flexibility index (Phi) is 6.52. The number of rotatable bonds is 6. The van der Waals surface area contributed by atoms with E-state index in [1.54, 1.807) is 0 Å². The molecular formula is C13H27N3O. The standard InChI is InChI=1S/C13H27N3O/c1-4-14-9-11(2)13(17)15-10-12-7-5-6-8-16(12)3/h11-12,14H,4-10H2,1-3H3,(H,15,17). The number of nitrogens with zero attached hydrogens (tertiary/aromatic N) is 1. The Bertz CT molecular complexity index is 233. The first-order valence-corrected chi connectivity index (χ1v) is 6.83. The van der Waals surface area contributed by atoms with Crippen molar-refractivity contribution in [1.82, 2.24) is 15.5 Å². The van der Waals surface area contributed by atoms with Crippen LogP contribution in [0.25, 0.3) is 0 Å². The summed E-state index contributed by atoms with van der Waals surface area (Å²) < 4.78 is 0. The molecule has 4 nitrogen and oxygen atoms in total. The summed E-state index contributed by atoms with van der Waals surface area (Å²) >= 11 is 0. The molecule has 1 fully saturated rings. The van der Waals surface area contributed by atoms with Gasteiger partial charge >= 0.3 is 0 Å². The summed E-state index contributed by atoms with van der Waals surface area (Å²) in [5.74, 6) is 0.230. The monoisotopic (exact) mass is 241 g/mol. The van der Waals surface area contributed by atoms with Crippen molar-refractivity contribution in [1.29, 1.82) is 0 Å². The number of likely N-dealkylation sites (N-methyl/N-ethyl adjacent to an activating group) is 1. The van der Waals surface area contributed by atoms with E-state index in [0.29, 0.717) is 6.04 Å². The van der Waals surface area contributed by atoms with Gasteiger partial charge in [0.05, 0.1) is 0 Å². The Hall–Kier alpha value is -0.610. The summed E-state index contributed by atoms with van der Waals surface area (Å²) in [6.45, 7) is 7.68. The number of carbonyl (C=O) groups excluding carboxylic acids is 1. The van der Waals surface area contributed by atoms with Crippen molar-refractivity contribution < 1.29 is 4.79 Å². The van der Waals surface area contributed by atoms with Gasteiger partial charge in [0.2, 0.25) is 5.91 Å². The Balaban J connectivity index is 2.22. The Morgan fingerprint density at radius 2 is 2.24 bits per heavy atom. The summed E-state index contributed by atoms with van der Waals surface area (Å²) in [6.07, 6.45) is 3.79. The number of hydrogen-bond donors (Lipinski definition) is 2. The van der Waals surface area contributed by atoms with Gasteiger partial charge in [-0.1, -0.05) is 20.3 Å². The normalized spacial score (nSPS) is 23.4. The van der Waals surface area contributed by atoms with Crippen LogP contribution in [0, 0.1) is 5.92 Å². The second kappa shape index (κ2) is 7.67. The van der Waals surface area contributed by atoms with Crippen LogP contribution in [0.5, 0.6) is 0 Å². The molecule has 100 valence electrons. The molecule has 1 amide bonds. The largest absolute Gasteiger partial charge is 0.354 e. The van der Waals surface area contributed by atoms with Crippen molar-refractivity contribution >= 4 is 5.91 Å². The lowest BCUT2D eigenvalue weighted by molar-refractivity contribution is -0.124. The van der Waals surface area contributed by atoms with Crippen molar-refractivity contribution in [2.24, 2.45) is 5.92 Å². The minimum absolute atomic E-state index is 0.0591. The molecule has 0 aromatic carbocycles. The molecule has 0 aromatic heterocycles. The lowest BCUT2D eigenvalue weighted by Crippen LogP contribution is -2.46. The highest BCUT2D eigenvalue weighted by atomic mass is 16.1. The van der Waals surface area contributed by atoms with Gasteiger partial charge in [0, 0.05) is 25.0 Å². The van der Waals surface area contributed by atoms with E-state index in [-0.39, 0.29) is 11.8 Å². The zero-order chi connectivity index (χ0) is 12.7. The molecule has 2 N–H and O–H groups in total. The van der Waals surface area contributed by atoms with Crippen LogP contribution in [0.3, 0.4) is 0 Å². The maximum Gasteiger partial charge on any atom is 0.224 e. The number of amides is 1. The third-order valence-electron chi connectivity index (χ3n) is 3.58. The summed E-state index contributed by atoms with van der Waals surface area (Å²) in [7, 11) is 2.15. The topological polar surface area (TPSA) is 44.4 Å². The minimum Gasteiger partial charge on any atom is -0.354 e. The van der Waals surface area contributed by atoms with Gasteiger partial charge < -0.3 is 15.5 Å². The molecule has 1 aliphatic rings. The Morgan fingerprint density at radius 3 is 2.88 bits per heavy atom. The van der Waals surface area contributed by atoms with E-state index in [1.165, 1.54) is 19.3 Å². The Morgan fingerprint density at radius 1 is 1.47 bits per heavy atom. The predicted octanol–water partition coefficient (Wildman–Crippen LogP) is 0.833. The number of hydrogen-bond acceptors (Lipinski definition) is 3. The zero-order valence-corrected chi connectivity index (χ0v) is 11.5. The van der Waals surface area contributed by atoms with Crippen molar-refractivity contribution in [3.63, 3.8) is 0 Å². The summed E-state index contributed by atoms with van der Waals surface area (Å²) in [5.41, 5.74) is 0. The number of likely N-dealkylation sites (tertiary alicyclic amines) is 1. The quantitative estimate of drug-likeness (QED) is 0.724. The molecule has 17 heavy (non-hydrogen) atoms. The first-order chi connectivity index (χ1) is 8.15. The first kappa shape index (κ1) is 14.5. The molecule has 1 saturated heterocycles. The van der Waals surface area contributed by atoms with Gasteiger partial charge in [-0.3, -0.25) is 4.79 Å². The molecular weight excluding hydrogens is 214 g/mol. The molecule has 1 aliphatic heterocycles. The van der Waals surface area contributed by atoms with E-state index >= 15 is 0 Å².